The van der Waals surface area contributed by atoms with Gasteiger partial charge in [-0.1, -0.05) is 17.7 Å². The summed E-state index contributed by atoms with van der Waals surface area (Å²) in [5.74, 6) is -0.0556. The molecule has 1 heterocycles. The molecule has 5 nitrogen and oxygen atoms in total. The largest absolute Gasteiger partial charge is 0.311 e. The third kappa shape index (κ3) is 3.08. The third-order valence-electron chi connectivity index (χ3n) is 2.85. The highest BCUT2D eigenvalue weighted by molar-refractivity contribution is 7.88. The second-order valence-electron chi connectivity index (χ2n) is 4.63. The van der Waals surface area contributed by atoms with E-state index in [4.69, 9.17) is 0 Å². The maximum atomic E-state index is 11.8. The Morgan fingerprint density at radius 3 is 2.44 bits per heavy atom. The van der Waals surface area contributed by atoms with Crippen LogP contribution in [0.3, 0.4) is 0 Å². The zero-order valence-corrected chi connectivity index (χ0v) is 11.2. The number of nitrogens with one attached hydrogen (secondary N) is 1. The van der Waals surface area contributed by atoms with Gasteiger partial charge in [0.25, 0.3) is 0 Å². The molecule has 1 atom stereocenters. The number of hydrogen-bond donors (Lipinski definition) is 1. The average molecular weight is 268 g/mol. The molecule has 1 aromatic carbocycles. The van der Waals surface area contributed by atoms with Crippen molar-refractivity contribution in [2.75, 3.05) is 17.7 Å². The van der Waals surface area contributed by atoms with Crippen LogP contribution >= 0.6 is 0 Å². The first-order valence-electron chi connectivity index (χ1n) is 5.69. The van der Waals surface area contributed by atoms with Crippen LogP contribution in [-0.4, -0.2) is 33.2 Å². The molecule has 1 saturated heterocycles. The first-order valence-corrected chi connectivity index (χ1v) is 7.58. The van der Waals surface area contributed by atoms with Gasteiger partial charge in [0.2, 0.25) is 15.9 Å². The van der Waals surface area contributed by atoms with Crippen LogP contribution in [0, 0.1) is 6.92 Å². The van der Waals surface area contributed by atoms with Crippen molar-refractivity contribution in [1.29, 1.82) is 0 Å². The summed E-state index contributed by atoms with van der Waals surface area (Å²) in [7, 11) is -3.27. The zero-order valence-electron chi connectivity index (χ0n) is 10.4. The van der Waals surface area contributed by atoms with E-state index < -0.39 is 10.0 Å². The summed E-state index contributed by atoms with van der Waals surface area (Å²) in [5, 5.41) is 0. The predicted molar refractivity (Wildman–Crippen MR) is 69.9 cm³/mol. The fraction of sp³-hybridized carbons (Fsp3) is 0.417. The molecule has 1 fully saturated rings. The standard InChI is InChI=1S/C12H16N2O3S/c1-9-3-5-11(6-4-9)14-8-10(7-12(14)15)13-18(2,16)17/h3-6,10,13H,7-8H2,1-2H3/t10-/m0/s1. The fourth-order valence-corrected chi connectivity index (χ4v) is 2.83. The van der Waals surface area contributed by atoms with E-state index in [1.807, 2.05) is 31.2 Å². The van der Waals surface area contributed by atoms with Crippen LogP contribution in [0.1, 0.15) is 12.0 Å². The molecule has 0 aromatic heterocycles. The van der Waals surface area contributed by atoms with Gasteiger partial charge in [-0.25, -0.2) is 13.1 Å². The van der Waals surface area contributed by atoms with E-state index >= 15 is 0 Å². The number of carbonyl (C=O) groups is 1. The quantitative estimate of drug-likeness (QED) is 0.875. The van der Waals surface area contributed by atoms with Crippen molar-refractivity contribution < 1.29 is 13.2 Å². The molecule has 1 aromatic rings. The molecule has 0 saturated carbocycles. The smallest absolute Gasteiger partial charge is 0.228 e. The molecule has 6 heteroatoms. The van der Waals surface area contributed by atoms with Crippen molar-refractivity contribution in [1.82, 2.24) is 4.72 Å². The van der Waals surface area contributed by atoms with Gasteiger partial charge in [0, 0.05) is 24.7 Å². The first-order chi connectivity index (χ1) is 8.35. The van der Waals surface area contributed by atoms with Crippen molar-refractivity contribution in [2.45, 2.75) is 19.4 Å². The maximum Gasteiger partial charge on any atom is 0.228 e. The summed E-state index contributed by atoms with van der Waals surface area (Å²) in [6.45, 7) is 2.36. The highest BCUT2D eigenvalue weighted by Crippen LogP contribution is 2.22. The molecule has 0 bridgehead atoms. The van der Waals surface area contributed by atoms with Gasteiger partial charge in [0.15, 0.2) is 0 Å². The molecule has 18 heavy (non-hydrogen) atoms. The van der Waals surface area contributed by atoms with Crippen LogP contribution in [0.25, 0.3) is 0 Å². The Hall–Kier alpha value is -1.40. The molecule has 0 radical (unpaired) electrons. The van der Waals surface area contributed by atoms with E-state index in [-0.39, 0.29) is 18.4 Å². The summed E-state index contributed by atoms with van der Waals surface area (Å²) in [5.41, 5.74) is 1.93. The highest BCUT2D eigenvalue weighted by Gasteiger charge is 2.31. The number of benzene rings is 1. The highest BCUT2D eigenvalue weighted by atomic mass is 32.2. The van der Waals surface area contributed by atoms with E-state index in [0.29, 0.717) is 6.54 Å². The number of amides is 1. The van der Waals surface area contributed by atoms with Crippen LogP contribution in [0.15, 0.2) is 24.3 Å². The fourth-order valence-electron chi connectivity index (χ4n) is 2.06. The molecule has 2 rings (SSSR count). The summed E-state index contributed by atoms with van der Waals surface area (Å²) >= 11 is 0. The van der Waals surface area contributed by atoms with Crippen LogP contribution in [0.4, 0.5) is 5.69 Å². The minimum absolute atomic E-state index is 0.0556. The Kier molecular flexibility index (Phi) is 3.41. The second kappa shape index (κ2) is 4.70. The molecule has 1 N–H and O–H groups in total. The molecule has 1 aliphatic heterocycles. The second-order valence-corrected chi connectivity index (χ2v) is 6.41. The van der Waals surface area contributed by atoms with Crippen molar-refractivity contribution in [3.8, 4) is 0 Å². The van der Waals surface area contributed by atoms with Gasteiger partial charge in [-0.2, -0.15) is 0 Å². The van der Waals surface area contributed by atoms with Crippen LogP contribution in [-0.2, 0) is 14.8 Å². The molecule has 1 aliphatic rings. The lowest BCUT2D eigenvalue weighted by Gasteiger charge is -2.17. The van der Waals surface area contributed by atoms with E-state index in [0.717, 1.165) is 17.5 Å². The van der Waals surface area contributed by atoms with Crippen LogP contribution in [0.2, 0.25) is 0 Å². The monoisotopic (exact) mass is 268 g/mol. The lowest BCUT2D eigenvalue weighted by molar-refractivity contribution is -0.117. The summed E-state index contributed by atoms with van der Waals surface area (Å²) in [6, 6.07) is 7.26. The van der Waals surface area contributed by atoms with Crippen LogP contribution < -0.4 is 9.62 Å². The maximum absolute atomic E-state index is 11.8. The zero-order chi connectivity index (χ0) is 13.3. The normalized spacial score (nSPS) is 20.4. The number of sulfonamides is 1. The molecular weight excluding hydrogens is 252 g/mol. The minimum atomic E-state index is -3.27. The Morgan fingerprint density at radius 1 is 1.28 bits per heavy atom. The number of carbonyl (C=O) groups excluding carboxylic acids is 1. The SMILES string of the molecule is Cc1ccc(N2C[C@@H](NS(C)(=O)=O)CC2=O)cc1. The van der Waals surface area contributed by atoms with E-state index in [2.05, 4.69) is 4.72 Å². The molecule has 1 amide bonds. The summed E-state index contributed by atoms with van der Waals surface area (Å²) in [4.78, 5) is 13.5. The summed E-state index contributed by atoms with van der Waals surface area (Å²) in [6.07, 6.45) is 1.31. The topological polar surface area (TPSA) is 66.5 Å². The molecule has 98 valence electrons. The Balaban J connectivity index is 2.12. The van der Waals surface area contributed by atoms with Crippen molar-refractivity contribution in [2.24, 2.45) is 0 Å². The number of nitrogens with zero attached hydrogens (tertiary/aromatic N) is 1. The Morgan fingerprint density at radius 2 is 1.89 bits per heavy atom. The number of aryl methyl sites for hydroxylation is 1. The van der Waals surface area contributed by atoms with Crippen molar-refractivity contribution in [3.05, 3.63) is 29.8 Å². The van der Waals surface area contributed by atoms with Crippen molar-refractivity contribution >= 4 is 21.6 Å². The Bertz CT molecular complexity index is 551. The first kappa shape index (κ1) is 13.0. The predicted octanol–water partition coefficient (Wildman–Crippen LogP) is 0.650. The van der Waals surface area contributed by atoms with Gasteiger partial charge in [-0.05, 0) is 19.1 Å². The minimum Gasteiger partial charge on any atom is -0.311 e. The van der Waals surface area contributed by atoms with Gasteiger partial charge in [0.1, 0.15) is 0 Å². The van der Waals surface area contributed by atoms with E-state index in [1.54, 1.807) is 4.90 Å². The Labute approximate surface area is 107 Å². The van der Waals surface area contributed by atoms with Crippen LogP contribution in [0.5, 0.6) is 0 Å². The molecule has 0 unspecified atom stereocenters. The summed E-state index contributed by atoms with van der Waals surface area (Å²) < 4.78 is 24.8. The number of hydrogen-bond acceptors (Lipinski definition) is 3. The van der Waals surface area contributed by atoms with E-state index in [9.17, 15) is 13.2 Å². The average Bonchev–Trinajstić information content (AvgIpc) is 2.58. The number of rotatable bonds is 3. The van der Waals surface area contributed by atoms with Gasteiger partial charge < -0.3 is 4.90 Å². The lowest BCUT2D eigenvalue weighted by Crippen LogP contribution is -2.36. The van der Waals surface area contributed by atoms with Gasteiger partial charge in [-0.3, -0.25) is 4.79 Å². The van der Waals surface area contributed by atoms with Gasteiger partial charge in [0.05, 0.1) is 6.26 Å². The molecular formula is C12H16N2O3S. The third-order valence-corrected chi connectivity index (χ3v) is 3.61. The van der Waals surface area contributed by atoms with Gasteiger partial charge in [-0.15, -0.1) is 0 Å². The lowest BCUT2D eigenvalue weighted by atomic mass is 10.2. The molecule has 0 spiro atoms. The molecule has 0 aliphatic carbocycles. The number of anilines is 1. The van der Waals surface area contributed by atoms with Gasteiger partial charge >= 0.3 is 0 Å². The van der Waals surface area contributed by atoms with E-state index in [1.165, 1.54) is 0 Å². The van der Waals surface area contributed by atoms with Crippen molar-refractivity contribution in [3.63, 3.8) is 0 Å².